The highest BCUT2D eigenvalue weighted by Gasteiger charge is 2.20. The van der Waals surface area contributed by atoms with Crippen LogP contribution in [-0.2, 0) is 0 Å². The van der Waals surface area contributed by atoms with Crippen LogP contribution in [-0.4, -0.2) is 39.6 Å². The van der Waals surface area contributed by atoms with E-state index < -0.39 is 0 Å². The molecule has 0 amide bonds. The second-order valence-corrected chi connectivity index (χ2v) is 6.12. The fourth-order valence-corrected chi connectivity index (χ4v) is 3.26. The zero-order valence-electron chi connectivity index (χ0n) is 13.9. The second-order valence-electron chi connectivity index (χ2n) is 6.12. The Morgan fingerprint density at radius 1 is 1.08 bits per heavy atom. The largest absolute Gasteiger partial charge is 0.493 e. The van der Waals surface area contributed by atoms with Crippen molar-refractivity contribution in [2.45, 2.75) is 12.5 Å². The first kappa shape index (κ1) is 15.0. The number of rotatable bonds is 5. The first-order chi connectivity index (χ1) is 11.8. The summed E-state index contributed by atoms with van der Waals surface area (Å²) in [4.78, 5) is 4.42. The number of nitrogens with one attached hydrogen (secondary N) is 2. The van der Waals surface area contributed by atoms with Gasteiger partial charge in [-0.2, -0.15) is 0 Å². The number of benzene rings is 2. The summed E-state index contributed by atoms with van der Waals surface area (Å²) < 4.78 is 10.8. The number of methoxy groups -OCH3 is 2. The molecule has 2 aliphatic rings. The van der Waals surface area contributed by atoms with Gasteiger partial charge in [0.2, 0.25) is 0 Å². The summed E-state index contributed by atoms with van der Waals surface area (Å²) in [5.41, 5.74) is 5.59. The number of fused-ring (bicyclic) bond motifs is 1. The van der Waals surface area contributed by atoms with Gasteiger partial charge < -0.3 is 20.1 Å². The molecule has 0 saturated carbocycles. The van der Waals surface area contributed by atoms with Crippen molar-refractivity contribution in [2.24, 2.45) is 4.99 Å². The lowest BCUT2D eigenvalue weighted by Crippen LogP contribution is -2.22. The molecule has 2 aliphatic heterocycles. The predicted molar refractivity (Wildman–Crippen MR) is 97.1 cm³/mol. The van der Waals surface area contributed by atoms with Gasteiger partial charge in [0.25, 0.3) is 0 Å². The minimum absolute atomic E-state index is 0.463. The number of hydrogen-bond acceptors (Lipinski definition) is 5. The molecule has 2 aromatic carbocycles. The van der Waals surface area contributed by atoms with Gasteiger partial charge >= 0.3 is 0 Å². The third kappa shape index (κ3) is 2.61. The monoisotopic (exact) mass is 323 g/mol. The van der Waals surface area contributed by atoms with Gasteiger partial charge in [-0.15, -0.1) is 0 Å². The molecule has 0 spiro atoms. The minimum Gasteiger partial charge on any atom is -0.493 e. The van der Waals surface area contributed by atoms with Crippen molar-refractivity contribution in [3.05, 3.63) is 35.9 Å². The molecule has 5 heteroatoms. The van der Waals surface area contributed by atoms with Crippen molar-refractivity contribution in [3.8, 4) is 22.6 Å². The van der Waals surface area contributed by atoms with Gasteiger partial charge in [-0.1, -0.05) is 6.07 Å². The van der Waals surface area contributed by atoms with Gasteiger partial charge in [0.1, 0.15) is 0 Å². The minimum atomic E-state index is 0.463. The first-order valence-corrected chi connectivity index (χ1v) is 8.20. The van der Waals surface area contributed by atoms with Crippen LogP contribution in [0.3, 0.4) is 0 Å². The Labute approximate surface area is 141 Å². The summed E-state index contributed by atoms with van der Waals surface area (Å²) in [6, 6.07) is 10.8. The van der Waals surface area contributed by atoms with Crippen LogP contribution in [0, 0.1) is 0 Å². The van der Waals surface area contributed by atoms with E-state index in [2.05, 4.69) is 33.8 Å². The van der Waals surface area contributed by atoms with Crippen molar-refractivity contribution in [1.29, 1.82) is 0 Å². The van der Waals surface area contributed by atoms with Crippen LogP contribution in [0.25, 0.3) is 11.1 Å². The summed E-state index contributed by atoms with van der Waals surface area (Å²) in [6.45, 7) is 2.07. The van der Waals surface area contributed by atoms with E-state index in [1.165, 1.54) is 5.56 Å². The average molecular weight is 323 g/mol. The van der Waals surface area contributed by atoms with Gasteiger partial charge in [-0.05, 0) is 48.4 Å². The Hall–Kier alpha value is -2.53. The van der Waals surface area contributed by atoms with Crippen molar-refractivity contribution in [1.82, 2.24) is 5.32 Å². The first-order valence-electron chi connectivity index (χ1n) is 8.20. The highest BCUT2D eigenvalue weighted by atomic mass is 16.5. The van der Waals surface area contributed by atoms with E-state index in [-0.39, 0.29) is 0 Å². The molecule has 124 valence electrons. The van der Waals surface area contributed by atoms with Gasteiger partial charge in [-0.25, -0.2) is 0 Å². The van der Waals surface area contributed by atoms with Crippen LogP contribution >= 0.6 is 0 Å². The van der Waals surface area contributed by atoms with E-state index >= 15 is 0 Å². The van der Waals surface area contributed by atoms with Gasteiger partial charge in [0.15, 0.2) is 11.5 Å². The Kier molecular flexibility index (Phi) is 3.86. The molecule has 4 rings (SSSR count). The number of anilines is 1. The van der Waals surface area contributed by atoms with Crippen LogP contribution < -0.4 is 20.1 Å². The SMILES string of the molecule is COc1ccc(-c2cc3c(c(NC4CCNC4)c2)N=C3)cc1OC. The number of aliphatic imine (C=N–C) groups is 1. The lowest BCUT2D eigenvalue weighted by molar-refractivity contribution is 0.355. The van der Waals surface area contributed by atoms with Crippen LogP contribution in [0.15, 0.2) is 35.3 Å². The summed E-state index contributed by atoms with van der Waals surface area (Å²) in [5, 5.41) is 7.02. The van der Waals surface area contributed by atoms with Gasteiger partial charge in [-0.3, -0.25) is 4.99 Å². The van der Waals surface area contributed by atoms with Gasteiger partial charge in [0.05, 0.1) is 25.6 Å². The standard InChI is InChI=1S/C19H21N3O2/c1-23-17-4-3-12(9-18(17)24-2)13-7-14-10-21-19(14)16(8-13)22-15-5-6-20-11-15/h3-4,7-10,15,20,22H,5-6,11H2,1-2H3. The van der Waals surface area contributed by atoms with Crippen molar-refractivity contribution < 1.29 is 9.47 Å². The molecule has 0 bridgehead atoms. The Balaban J connectivity index is 1.70. The molecule has 0 radical (unpaired) electrons. The molecule has 2 N–H and O–H groups in total. The van der Waals surface area contributed by atoms with Crippen molar-refractivity contribution in [2.75, 3.05) is 32.6 Å². The fraction of sp³-hybridized carbons (Fsp3) is 0.316. The zero-order chi connectivity index (χ0) is 16.5. The molecule has 1 atom stereocenters. The Bertz CT molecular complexity index is 795. The Morgan fingerprint density at radius 3 is 2.62 bits per heavy atom. The lowest BCUT2D eigenvalue weighted by atomic mass is 9.98. The second kappa shape index (κ2) is 6.17. The molecule has 1 saturated heterocycles. The van der Waals surface area contributed by atoms with Crippen LogP contribution in [0.5, 0.6) is 11.5 Å². The van der Waals surface area contributed by atoms with Gasteiger partial charge in [0, 0.05) is 24.4 Å². The molecule has 1 fully saturated rings. The maximum absolute atomic E-state index is 5.43. The molecule has 1 unspecified atom stereocenters. The van der Waals surface area contributed by atoms with E-state index in [1.807, 2.05) is 18.3 Å². The number of ether oxygens (including phenoxy) is 2. The summed E-state index contributed by atoms with van der Waals surface area (Å²) >= 11 is 0. The predicted octanol–water partition coefficient (Wildman–Crippen LogP) is 3.21. The molecule has 0 aliphatic carbocycles. The normalized spacial score (nSPS) is 18.0. The summed E-state index contributed by atoms with van der Waals surface area (Å²) in [5.74, 6) is 1.47. The summed E-state index contributed by atoms with van der Waals surface area (Å²) in [7, 11) is 3.31. The van der Waals surface area contributed by atoms with E-state index in [0.717, 1.165) is 53.5 Å². The maximum Gasteiger partial charge on any atom is 0.161 e. The molecule has 2 heterocycles. The number of hydrogen-bond donors (Lipinski definition) is 2. The molecule has 5 nitrogen and oxygen atoms in total. The van der Waals surface area contributed by atoms with Crippen LogP contribution in [0.2, 0.25) is 0 Å². The fourth-order valence-electron chi connectivity index (χ4n) is 3.26. The molecule has 2 aromatic rings. The third-order valence-corrected chi connectivity index (χ3v) is 4.61. The zero-order valence-corrected chi connectivity index (χ0v) is 13.9. The third-order valence-electron chi connectivity index (χ3n) is 4.61. The highest BCUT2D eigenvalue weighted by Crippen LogP contribution is 2.40. The van der Waals surface area contributed by atoms with Crippen molar-refractivity contribution in [3.63, 3.8) is 0 Å². The number of nitrogens with zero attached hydrogens (tertiary/aromatic N) is 1. The van der Waals surface area contributed by atoms with E-state index in [1.54, 1.807) is 14.2 Å². The molecular weight excluding hydrogens is 302 g/mol. The summed E-state index contributed by atoms with van der Waals surface area (Å²) in [6.07, 6.45) is 3.05. The molecule has 24 heavy (non-hydrogen) atoms. The maximum atomic E-state index is 5.43. The molecule has 0 aromatic heterocycles. The Morgan fingerprint density at radius 2 is 1.96 bits per heavy atom. The van der Waals surface area contributed by atoms with Crippen LogP contribution in [0.1, 0.15) is 12.0 Å². The van der Waals surface area contributed by atoms with Crippen LogP contribution in [0.4, 0.5) is 11.4 Å². The van der Waals surface area contributed by atoms with E-state index in [9.17, 15) is 0 Å². The highest BCUT2D eigenvalue weighted by molar-refractivity contribution is 6.03. The topological polar surface area (TPSA) is 54.9 Å². The molecular formula is C19H21N3O2. The smallest absolute Gasteiger partial charge is 0.161 e. The quantitative estimate of drug-likeness (QED) is 0.757. The van der Waals surface area contributed by atoms with E-state index in [0.29, 0.717) is 6.04 Å². The lowest BCUT2D eigenvalue weighted by Gasteiger charge is -2.21. The van der Waals surface area contributed by atoms with E-state index in [4.69, 9.17) is 9.47 Å². The average Bonchev–Trinajstić information content (AvgIpc) is 3.08. The van der Waals surface area contributed by atoms with Crippen molar-refractivity contribution >= 4 is 17.6 Å².